The third kappa shape index (κ3) is 4.12. The van der Waals surface area contributed by atoms with Crippen LogP contribution in [-0.2, 0) is 11.3 Å². The fourth-order valence-electron chi connectivity index (χ4n) is 3.09. The van der Waals surface area contributed by atoms with Gasteiger partial charge in [0.1, 0.15) is 11.3 Å². The summed E-state index contributed by atoms with van der Waals surface area (Å²) in [4.78, 5) is 25.2. The monoisotopic (exact) mass is 445 g/mol. The Kier molecular flexibility index (Phi) is 6.22. The Bertz CT molecular complexity index is 1210. The lowest BCUT2D eigenvalue weighted by Gasteiger charge is -2.02. The van der Waals surface area contributed by atoms with Crippen LogP contribution in [-0.4, -0.2) is 21.8 Å². The average molecular weight is 446 g/mol. The molecule has 0 radical (unpaired) electrons. The van der Waals surface area contributed by atoms with Gasteiger partial charge < -0.3 is 10.3 Å². The Morgan fingerprint density at radius 3 is 2.86 bits per heavy atom. The first-order valence-electron chi connectivity index (χ1n) is 8.51. The van der Waals surface area contributed by atoms with E-state index in [0.29, 0.717) is 18.2 Å². The molecule has 1 aromatic carbocycles. The zero-order chi connectivity index (χ0) is 18.2. The number of pyridine rings is 1. The zero-order valence-electron chi connectivity index (χ0n) is 15.0. The molecule has 29 heavy (non-hydrogen) atoms. The molecule has 0 unspecified atom stereocenters. The normalized spacial score (nSPS) is 14.4. The molecule has 4 aromatic rings. The molecule has 1 aliphatic rings. The number of aliphatic imine (C=N–C) groups is 1. The van der Waals surface area contributed by atoms with Gasteiger partial charge in [-0.1, -0.05) is 18.2 Å². The average Bonchev–Trinajstić information content (AvgIpc) is 3.38. The predicted octanol–water partition coefficient (Wildman–Crippen LogP) is 4.24. The summed E-state index contributed by atoms with van der Waals surface area (Å²) >= 11 is 1.73. The number of benzene rings is 1. The molecule has 0 bridgehead atoms. The number of rotatable bonds is 3. The Labute approximate surface area is 183 Å². The molecule has 0 atom stereocenters. The number of H-pyrrole nitrogens is 1. The van der Waals surface area contributed by atoms with Crippen molar-refractivity contribution in [3.63, 3.8) is 0 Å². The molecule has 0 aliphatic carbocycles. The highest BCUT2D eigenvalue weighted by Crippen LogP contribution is 2.25. The molecule has 148 valence electrons. The number of carbonyl (C=O) groups excluding carboxylic acids is 1. The molecule has 6 nitrogen and oxygen atoms in total. The van der Waals surface area contributed by atoms with Gasteiger partial charge in [-0.05, 0) is 35.7 Å². The molecular formula is C20H17Cl2N5OS. The zero-order valence-corrected chi connectivity index (χ0v) is 17.5. The molecule has 1 amide bonds. The summed E-state index contributed by atoms with van der Waals surface area (Å²) in [5.41, 5.74) is 2.05. The summed E-state index contributed by atoms with van der Waals surface area (Å²) in [5.74, 6) is 0.258. The van der Waals surface area contributed by atoms with E-state index in [1.807, 2.05) is 30.5 Å². The second-order valence-corrected chi connectivity index (χ2v) is 7.36. The van der Waals surface area contributed by atoms with Crippen LogP contribution in [0, 0.1) is 0 Å². The number of fused-ring (bicyclic) bond motifs is 2. The van der Waals surface area contributed by atoms with Crippen LogP contribution in [0.2, 0.25) is 0 Å². The number of guanidine groups is 1. The van der Waals surface area contributed by atoms with Crippen molar-refractivity contribution in [1.29, 1.82) is 0 Å². The van der Waals surface area contributed by atoms with Gasteiger partial charge in [0.25, 0.3) is 5.91 Å². The summed E-state index contributed by atoms with van der Waals surface area (Å²) in [5, 5.41) is 8.17. The Morgan fingerprint density at radius 2 is 2.00 bits per heavy atom. The van der Waals surface area contributed by atoms with Gasteiger partial charge in [0.2, 0.25) is 5.96 Å². The minimum atomic E-state index is -0.216. The van der Waals surface area contributed by atoms with Gasteiger partial charge in [0, 0.05) is 32.9 Å². The second-order valence-electron chi connectivity index (χ2n) is 6.19. The first-order chi connectivity index (χ1) is 13.3. The minimum Gasteiger partial charge on any atom is -0.351 e. The smallest absolute Gasteiger partial charge is 0.276 e. The number of halogens is 2. The number of nitrogens with zero attached hydrogens (tertiary/aromatic N) is 2. The molecule has 0 fully saturated rings. The van der Waals surface area contributed by atoms with Gasteiger partial charge >= 0.3 is 0 Å². The van der Waals surface area contributed by atoms with Crippen LogP contribution < -0.4 is 10.6 Å². The van der Waals surface area contributed by atoms with E-state index in [1.54, 1.807) is 23.6 Å². The standard InChI is InChI=1S/C20H15N5OS.2ClH/c26-19-16(9-13-10-22-18-15(13)5-3-7-21-18)24-20(25-19)23-11-14-8-12-4-1-2-6-17(12)27-14;;/h1-10H,11H2,(H,21,22)(H2,23,24,25,26);2*1H/b16-9-;;. The van der Waals surface area contributed by atoms with E-state index in [4.69, 9.17) is 0 Å². The van der Waals surface area contributed by atoms with Crippen molar-refractivity contribution in [2.75, 3.05) is 0 Å². The Balaban J connectivity index is 0.00000120. The second kappa shape index (κ2) is 8.65. The molecule has 5 rings (SSSR count). The van der Waals surface area contributed by atoms with Crippen molar-refractivity contribution >= 4 is 75.2 Å². The third-order valence-electron chi connectivity index (χ3n) is 4.38. The predicted molar refractivity (Wildman–Crippen MR) is 123 cm³/mol. The number of nitrogens with one attached hydrogen (secondary N) is 3. The number of thiophene rings is 1. The summed E-state index contributed by atoms with van der Waals surface area (Å²) in [6.45, 7) is 0.614. The number of carbonyl (C=O) groups is 1. The molecule has 0 spiro atoms. The van der Waals surface area contributed by atoms with Crippen LogP contribution in [0.4, 0.5) is 0 Å². The van der Waals surface area contributed by atoms with Crippen LogP contribution in [0.3, 0.4) is 0 Å². The molecule has 0 saturated heterocycles. The number of amides is 1. The van der Waals surface area contributed by atoms with E-state index in [1.165, 1.54) is 15.0 Å². The highest BCUT2D eigenvalue weighted by Gasteiger charge is 2.20. The van der Waals surface area contributed by atoms with Crippen molar-refractivity contribution in [3.8, 4) is 0 Å². The van der Waals surface area contributed by atoms with Gasteiger partial charge in [-0.15, -0.1) is 36.2 Å². The maximum atomic E-state index is 12.2. The molecule has 1 aliphatic heterocycles. The highest BCUT2D eigenvalue weighted by atomic mass is 35.5. The van der Waals surface area contributed by atoms with E-state index in [-0.39, 0.29) is 30.7 Å². The van der Waals surface area contributed by atoms with E-state index in [0.717, 1.165) is 16.6 Å². The summed E-state index contributed by atoms with van der Waals surface area (Å²) in [6, 6.07) is 14.3. The first-order valence-corrected chi connectivity index (χ1v) is 9.33. The van der Waals surface area contributed by atoms with Crippen LogP contribution in [0.5, 0.6) is 0 Å². The van der Waals surface area contributed by atoms with Gasteiger partial charge in [0.15, 0.2) is 0 Å². The van der Waals surface area contributed by atoms with Crippen LogP contribution in [0.1, 0.15) is 10.4 Å². The van der Waals surface area contributed by atoms with Crippen molar-refractivity contribution in [1.82, 2.24) is 20.6 Å². The SMILES string of the molecule is Cl.Cl.O=C1NC(NCc2cc3ccccc3s2)=N/C1=C\c1c[nH]c2ncccc12. The van der Waals surface area contributed by atoms with E-state index < -0.39 is 0 Å². The van der Waals surface area contributed by atoms with Gasteiger partial charge in [-0.2, -0.15) is 0 Å². The lowest BCUT2D eigenvalue weighted by Crippen LogP contribution is -2.35. The summed E-state index contributed by atoms with van der Waals surface area (Å²) < 4.78 is 1.25. The number of hydrogen-bond donors (Lipinski definition) is 3. The Hall–Kier alpha value is -2.87. The Morgan fingerprint density at radius 1 is 1.14 bits per heavy atom. The largest absolute Gasteiger partial charge is 0.351 e. The summed E-state index contributed by atoms with van der Waals surface area (Å²) in [7, 11) is 0. The quantitative estimate of drug-likeness (QED) is 0.412. The fraction of sp³-hybridized carbons (Fsp3) is 0.0500. The van der Waals surface area contributed by atoms with Crippen molar-refractivity contribution in [2.24, 2.45) is 4.99 Å². The number of aromatic nitrogens is 2. The third-order valence-corrected chi connectivity index (χ3v) is 5.49. The maximum absolute atomic E-state index is 12.2. The van der Waals surface area contributed by atoms with Crippen LogP contribution in [0.15, 0.2) is 65.5 Å². The molecule has 4 heterocycles. The van der Waals surface area contributed by atoms with Gasteiger partial charge in [-0.25, -0.2) is 9.98 Å². The number of hydrogen-bond acceptors (Lipinski definition) is 5. The molecule has 3 N–H and O–H groups in total. The fourth-order valence-corrected chi connectivity index (χ4v) is 4.10. The van der Waals surface area contributed by atoms with Gasteiger partial charge in [-0.3, -0.25) is 10.1 Å². The van der Waals surface area contributed by atoms with E-state index in [9.17, 15) is 4.79 Å². The highest BCUT2D eigenvalue weighted by molar-refractivity contribution is 7.19. The van der Waals surface area contributed by atoms with Crippen LogP contribution in [0.25, 0.3) is 27.2 Å². The van der Waals surface area contributed by atoms with Gasteiger partial charge in [0.05, 0.1) is 6.54 Å². The van der Waals surface area contributed by atoms with E-state index >= 15 is 0 Å². The van der Waals surface area contributed by atoms with E-state index in [2.05, 4.69) is 43.8 Å². The summed E-state index contributed by atoms with van der Waals surface area (Å²) in [6.07, 6.45) is 5.33. The molecule has 0 saturated carbocycles. The topological polar surface area (TPSA) is 82.2 Å². The van der Waals surface area contributed by atoms with Crippen molar-refractivity contribution < 1.29 is 4.79 Å². The maximum Gasteiger partial charge on any atom is 0.276 e. The number of aromatic amines is 1. The lowest BCUT2D eigenvalue weighted by molar-refractivity contribution is -0.115. The first kappa shape index (κ1) is 20.9. The molecule has 3 aromatic heterocycles. The lowest BCUT2D eigenvalue weighted by atomic mass is 10.2. The minimum absolute atomic E-state index is 0. The van der Waals surface area contributed by atoms with Crippen molar-refractivity contribution in [3.05, 3.63) is 71.0 Å². The molecule has 9 heteroatoms. The van der Waals surface area contributed by atoms with Crippen LogP contribution >= 0.6 is 36.2 Å². The van der Waals surface area contributed by atoms with Crippen molar-refractivity contribution in [2.45, 2.75) is 6.54 Å². The molecular weight excluding hydrogens is 429 g/mol.